The van der Waals surface area contributed by atoms with Gasteiger partial charge in [-0.2, -0.15) is 0 Å². The van der Waals surface area contributed by atoms with Crippen LogP contribution in [-0.4, -0.2) is 13.1 Å². The van der Waals surface area contributed by atoms with E-state index in [0.29, 0.717) is 0 Å². The highest BCUT2D eigenvalue weighted by Gasteiger charge is 2.27. The van der Waals surface area contributed by atoms with Gasteiger partial charge in [-0.1, -0.05) is 69.1 Å². The molecule has 0 aliphatic heterocycles. The van der Waals surface area contributed by atoms with E-state index in [2.05, 4.69) is 43.4 Å². The highest BCUT2D eigenvalue weighted by Crippen LogP contribution is 2.25. The number of carbonyl (C=O) groups is 1. The fourth-order valence-corrected chi connectivity index (χ4v) is 2.56. The standard InChI is InChI=1S/C22H38O2/c1-5-6-7-8-9-10-11-12-13-14-15-16-17-18-19-20-22(2,3)21(23)24-4/h6-7,9-10,12-13H,5,8,11,14-20H2,1-4H3. The van der Waals surface area contributed by atoms with Crippen molar-refractivity contribution in [2.45, 2.75) is 85.0 Å². The molecule has 0 atom stereocenters. The first kappa shape index (κ1) is 22.7. The van der Waals surface area contributed by atoms with Gasteiger partial charge in [0.2, 0.25) is 0 Å². The van der Waals surface area contributed by atoms with E-state index in [0.717, 1.165) is 32.1 Å². The molecule has 0 heterocycles. The van der Waals surface area contributed by atoms with Crippen LogP contribution in [0.1, 0.15) is 85.0 Å². The summed E-state index contributed by atoms with van der Waals surface area (Å²) in [5, 5.41) is 0. The van der Waals surface area contributed by atoms with Crippen LogP contribution in [0, 0.1) is 5.41 Å². The summed E-state index contributed by atoms with van der Waals surface area (Å²) in [7, 11) is 1.47. The van der Waals surface area contributed by atoms with Crippen LogP contribution in [0.2, 0.25) is 0 Å². The minimum absolute atomic E-state index is 0.0944. The first-order valence-electron chi connectivity index (χ1n) is 9.58. The minimum Gasteiger partial charge on any atom is -0.469 e. The first-order chi connectivity index (χ1) is 11.5. The zero-order valence-corrected chi connectivity index (χ0v) is 16.4. The highest BCUT2D eigenvalue weighted by molar-refractivity contribution is 5.75. The summed E-state index contributed by atoms with van der Waals surface area (Å²) < 4.78 is 4.84. The number of carbonyl (C=O) groups excluding carboxylic acids is 1. The second-order valence-corrected chi connectivity index (χ2v) is 6.98. The molecule has 0 aromatic carbocycles. The van der Waals surface area contributed by atoms with Gasteiger partial charge < -0.3 is 4.74 Å². The van der Waals surface area contributed by atoms with E-state index < -0.39 is 0 Å². The summed E-state index contributed by atoms with van der Waals surface area (Å²) in [5.41, 5.74) is -0.336. The predicted molar refractivity (Wildman–Crippen MR) is 105 cm³/mol. The molecule has 0 spiro atoms. The van der Waals surface area contributed by atoms with Gasteiger partial charge in [0, 0.05) is 0 Å². The zero-order valence-electron chi connectivity index (χ0n) is 16.4. The molecule has 0 bridgehead atoms. The predicted octanol–water partition coefficient (Wildman–Crippen LogP) is 6.78. The zero-order chi connectivity index (χ0) is 18.1. The molecule has 0 radical (unpaired) electrons. The van der Waals surface area contributed by atoms with Crippen LogP contribution in [0.15, 0.2) is 36.5 Å². The Bertz CT molecular complexity index is 389. The van der Waals surface area contributed by atoms with Gasteiger partial charge in [-0.25, -0.2) is 0 Å². The molecular weight excluding hydrogens is 296 g/mol. The van der Waals surface area contributed by atoms with E-state index in [1.54, 1.807) is 0 Å². The molecule has 0 N–H and O–H groups in total. The molecule has 0 unspecified atom stereocenters. The number of unbranched alkanes of at least 4 members (excludes halogenated alkanes) is 5. The normalized spacial score (nSPS) is 12.7. The van der Waals surface area contributed by atoms with Crippen LogP contribution in [-0.2, 0) is 9.53 Å². The van der Waals surface area contributed by atoms with E-state index in [-0.39, 0.29) is 11.4 Å². The van der Waals surface area contributed by atoms with Crippen LogP contribution >= 0.6 is 0 Å². The molecular formula is C22H38O2. The molecule has 2 nitrogen and oxygen atoms in total. The maximum Gasteiger partial charge on any atom is 0.311 e. The molecule has 0 fully saturated rings. The van der Waals surface area contributed by atoms with Gasteiger partial charge in [-0.15, -0.1) is 0 Å². The summed E-state index contributed by atoms with van der Waals surface area (Å²) in [5.74, 6) is -0.0944. The first-order valence-corrected chi connectivity index (χ1v) is 9.58. The Morgan fingerprint density at radius 2 is 1.38 bits per heavy atom. The van der Waals surface area contributed by atoms with Gasteiger partial charge in [-0.05, 0) is 52.4 Å². The molecule has 0 aromatic heterocycles. The van der Waals surface area contributed by atoms with Gasteiger partial charge in [0.25, 0.3) is 0 Å². The molecule has 0 aliphatic rings. The number of ether oxygens (including phenoxy) is 1. The second-order valence-electron chi connectivity index (χ2n) is 6.98. The molecule has 2 heteroatoms. The molecule has 138 valence electrons. The molecule has 0 aromatic rings. The number of hydrogen-bond donors (Lipinski definition) is 0. The van der Waals surface area contributed by atoms with Crippen LogP contribution in [0.5, 0.6) is 0 Å². The van der Waals surface area contributed by atoms with Crippen molar-refractivity contribution in [3.63, 3.8) is 0 Å². The van der Waals surface area contributed by atoms with E-state index >= 15 is 0 Å². The van der Waals surface area contributed by atoms with E-state index in [4.69, 9.17) is 4.74 Å². The largest absolute Gasteiger partial charge is 0.469 e. The fourth-order valence-electron chi connectivity index (χ4n) is 2.56. The van der Waals surface area contributed by atoms with Crippen molar-refractivity contribution < 1.29 is 9.53 Å². The number of rotatable bonds is 14. The van der Waals surface area contributed by atoms with Crippen molar-refractivity contribution in [2.24, 2.45) is 5.41 Å². The number of hydrogen-bond acceptors (Lipinski definition) is 2. The Kier molecular flexibility index (Phi) is 14.4. The van der Waals surface area contributed by atoms with Crippen molar-refractivity contribution in [3.05, 3.63) is 36.5 Å². The Hall–Kier alpha value is -1.31. The molecule has 0 aliphatic carbocycles. The average molecular weight is 335 g/mol. The molecule has 24 heavy (non-hydrogen) atoms. The van der Waals surface area contributed by atoms with E-state index in [9.17, 15) is 4.79 Å². The Labute approximate surface area is 150 Å². The summed E-state index contributed by atoms with van der Waals surface area (Å²) >= 11 is 0. The Balaban J connectivity index is 3.46. The summed E-state index contributed by atoms with van der Waals surface area (Å²) in [4.78, 5) is 11.6. The van der Waals surface area contributed by atoms with Crippen molar-refractivity contribution in [1.82, 2.24) is 0 Å². The number of esters is 1. The van der Waals surface area contributed by atoms with Crippen molar-refractivity contribution in [2.75, 3.05) is 7.11 Å². The van der Waals surface area contributed by atoms with Crippen LogP contribution in [0.25, 0.3) is 0 Å². The van der Waals surface area contributed by atoms with Gasteiger partial charge in [0.1, 0.15) is 0 Å². The summed E-state index contributed by atoms with van der Waals surface area (Å²) in [6.07, 6.45) is 24.9. The number of methoxy groups -OCH3 is 1. The fraction of sp³-hybridized carbons (Fsp3) is 0.682. The van der Waals surface area contributed by atoms with Crippen molar-refractivity contribution >= 4 is 5.97 Å². The van der Waals surface area contributed by atoms with Crippen molar-refractivity contribution in [3.8, 4) is 0 Å². The van der Waals surface area contributed by atoms with E-state index in [1.165, 1.54) is 39.2 Å². The van der Waals surface area contributed by atoms with Crippen molar-refractivity contribution in [1.29, 1.82) is 0 Å². The second kappa shape index (κ2) is 15.2. The quantitative estimate of drug-likeness (QED) is 0.199. The average Bonchev–Trinajstić information content (AvgIpc) is 2.57. The molecule has 0 saturated heterocycles. The van der Waals surface area contributed by atoms with Gasteiger partial charge in [-0.3, -0.25) is 4.79 Å². The lowest BCUT2D eigenvalue weighted by molar-refractivity contribution is -0.151. The summed E-state index contributed by atoms with van der Waals surface area (Å²) in [6.45, 7) is 6.10. The van der Waals surface area contributed by atoms with Crippen LogP contribution in [0.4, 0.5) is 0 Å². The minimum atomic E-state index is -0.336. The highest BCUT2D eigenvalue weighted by atomic mass is 16.5. The molecule has 0 saturated carbocycles. The van der Waals surface area contributed by atoms with Crippen LogP contribution in [0.3, 0.4) is 0 Å². The molecule has 0 rings (SSSR count). The lowest BCUT2D eigenvalue weighted by atomic mass is 9.87. The van der Waals surface area contributed by atoms with Gasteiger partial charge in [0.15, 0.2) is 0 Å². The van der Waals surface area contributed by atoms with E-state index in [1.807, 2.05) is 13.8 Å². The lowest BCUT2D eigenvalue weighted by Gasteiger charge is -2.20. The Morgan fingerprint density at radius 1 is 0.833 bits per heavy atom. The number of allylic oxidation sites excluding steroid dienone is 6. The summed E-state index contributed by atoms with van der Waals surface area (Å²) in [6, 6.07) is 0. The van der Waals surface area contributed by atoms with Crippen LogP contribution < -0.4 is 0 Å². The maximum absolute atomic E-state index is 11.6. The van der Waals surface area contributed by atoms with Gasteiger partial charge >= 0.3 is 5.97 Å². The maximum atomic E-state index is 11.6. The van der Waals surface area contributed by atoms with Gasteiger partial charge in [0.05, 0.1) is 12.5 Å². The Morgan fingerprint density at radius 3 is 2.00 bits per heavy atom. The monoisotopic (exact) mass is 334 g/mol. The lowest BCUT2D eigenvalue weighted by Crippen LogP contribution is -2.25. The third-order valence-corrected chi connectivity index (χ3v) is 4.19. The SMILES string of the molecule is CCC=CCC=CCC=CCCCCCCCC(C)(C)C(=O)OC. The third-order valence-electron chi connectivity index (χ3n) is 4.19. The topological polar surface area (TPSA) is 26.3 Å². The smallest absolute Gasteiger partial charge is 0.311 e. The third kappa shape index (κ3) is 13.2. The molecule has 0 amide bonds.